The summed E-state index contributed by atoms with van der Waals surface area (Å²) in [6.45, 7) is 0. The molecule has 0 aliphatic rings. The van der Waals surface area contributed by atoms with Gasteiger partial charge in [-0.3, -0.25) is 0 Å². The Bertz CT molecular complexity index is 422. The molecular formula is C6H6N2O4S. The van der Waals surface area contributed by atoms with Gasteiger partial charge >= 0.3 is 5.97 Å². The van der Waals surface area contributed by atoms with Gasteiger partial charge in [0.2, 0.25) is 10.0 Å². The van der Waals surface area contributed by atoms with E-state index < -0.39 is 16.0 Å². The molecule has 0 aromatic carbocycles. The van der Waals surface area contributed by atoms with Gasteiger partial charge in [0.15, 0.2) is 0 Å². The second-order valence-electron chi connectivity index (χ2n) is 2.23. The minimum Gasteiger partial charge on any atom is -0.477 e. The van der Waals surface area contributed by atoms with E-state index in [1.807, 2.05) is 0 Å². The molecule has 70 valence electrons. The first-order valence-corrected chi connectivity index (χ1v) is 4.68. The summed E-state index contributed by atoms with van der Waals surface area (Å²) in [7, 11) is -3.80. The highest BCUT2D eigenvalue weighted by molar-refractivity contribution is 7.89. The topological polar surface area (TPSA) is 110 Å². The van der Waals surface area contributed by atoms with Crippen molar-refractivity contribution in [1.82, 2.24) is 4.98 Å². The number of hydrogen-bond acceptors (Lipinski definition) is 4. The maximum atomic E-state index is 10.7. The largest absolute Gasteiger partial charge is 0.477 e. The Morgan fingerprint density at radius 2 is 2.08 bits per heavy atom. The van der Waals surface area contributed by atoms with E-state index in [4.69, 9.17) is 10.2 Å². The van der Waals surface area contributed by atoms with Crippen molar-refractivity contribution in [1.29, 1.82) is 0 Å². The summed E-state index contributed by atoms with van der Waals surface area (Å²) in [6.07, 6.45) is 0.902. The summed E-state index contributed by atoms with van der Waals surface area (Å²) in [4.78, 5) is 13.5. The van der Waals surface area contributed by atoms with Crippen LogP contribution in [0.5, 0.6) is 0 Å². The van der Waals surface area contributed by atoms with Gasteiger partial charge in [0, 0.05) is 6.20 Å². The van der Waals surface area contributed by atoms with E-state index >= 15 is 0 Å². The molecule has 0 saturated carbocycles. The number of sulfonamides is 1. The third-order valence-corrected chi connectivity index (χ3v) is 2.18. The van der Waals surface area contributed by atoms with Crippen LogP contribution in [0.3, 0.4) is 0 Å². The third kappa shape index (κ3) is 2.23. The highest BCUT2D eigenvalue weighted by Crippen LogP contribution is 2.04. The van der Waals surface area contributed by atoms with E-state index in [0.29, 0.717) is 0 Å². The van der Waals surface area contributed by atoms with Gasteiger partial charge in [-0.2, -0.15) is 0 Å². The predicted molar refractivity (Wildman–Crippen MR) is 42.6 cm³/mol. The van der Waals surface area contributed by atoms with Crippen LogP contribution in [0.2, 0.25) is 0 Å². The molecule has 0 fully saturated rings. The number of nitrogens with two attached hydrogens (primary N) is 1. The van der Waals surface area contributed by atoms with E-state index in [9.17, 15) is 13.2 Å². The molecule has 0 saturated heterocycles. The van der Waals surface area contributed by atoms with Crippen molar-refractivity contribution in [3.63, 3.8) is 0 Å². The van der Waals surface area contributed by atoms with Gasteiger partial charge in [0.1, 0.15) is 10.6 Å². The van der Waals surface area contributed by atoms with Crippen LogP contribution < -0.4 is 5.14 Å². The van der Waals surface area contributed by atoms with E-state index in [1.165, 1.54) is 0 Å². The van der Waals surface area contributed by atoms with Gasteiger partial charge in [-0.25, -0.2) is 23.3 Å². The van der Waals surface area contributed by atoms with Crippen molar-refractivity contribution in [2.75, 3.05) is 0 Å². The maximum absolute atomic E-state index is 10.7. The molecule has 13 heavy (non-hydrogen) atoms. The summed E-state index contributed by atoms with van der Waals surface area (Å²) < 4.78 is 21.4. The monoisotopic (exact) mass is 202 g/mol. The van der Waals surface area contributed by atoms with Gasteiger partial charge in [-0.05, 0) is 12.1 Å². The van der Waals surface area contributed by atoms with Crippen molar-refractivity contribution >= 4 is 16.0 Å². The number of carboxylic acid groups (broad SMARTS) is 1. The fraction of sp³-hybridized carbons (Fsp3) is 0. The Kier molecular flexibility index (Phi) is 2.30. The Balaban J connectivity index is 3.16. The smallest absolute Gasteiger partial charge is 0.354 e. The molecule has 0 unspecified atom stereocenters. The zero-order valence-corrected chi connectivity index (χ0v) is 7.15. The van der Waals surface area contributed by atoms with Crippen LogP contribution in [0.25, 0.3) is 0 Å². The number of primary sulfonamides is 1. The molecule has 0 radical (unpaired) electrons. The zero-order valence-electron chi connectivity index (χ0n) is 6.34. The molecule has 1 heterocycles. The summed E-state index contributed by atoms with van der Waals surface area (Å²) in [6, 6.07) is 2.16. The van der Waals surface area contributed by atoms with Crippen molar-refractivity contribution in [2.45, 2.75) is 4.90 Å². The molecule has 1 aromatic rings. The molecule has 1 rings (SSSR count). The first-order chi connectivity index (χ1) is 5.91. The van der Waals surface area contributed by atoms with Gasteiger partial charge in [0.25, 0.3) is 0 Å². The molecular weight excluding hydrogens is 196 g/mol. The Morgan fingerprint density at radius 1 is 1.46 bits per heavy atom. The van der Waals surface area contributed by atoms with E-state index in [1.54, 1.807) is 0 Å². The molecule has 0 aliphatic carbocycles. The van der Waals surface area contributed by atoms with Crippen LogP contribution in [-0.4, -0.2) is 24.5 Å². The third-order valence-electron chi connectivity index (χ3n) is 1.28. The Morgan fingerprint density at radius 3 is 2.38 bits per heavy atom. The first kappa shape index (κ1) is 9.62. The average molecular weight is 202 g/mol. The quantitative estimate of drug-likeness (QED) is 0.667. The van der Waals surface area contributed by atoms with Crippen LogP contribution in [0.15, 0.2) is 23.2 Å². The lowest BCUT2D eigenvalue weighted by Crippen LogP contribution is -2.13. The number of carbonyl (C=O) groups is 1. The SMILES string of the molecule is NS(=O)(=O)c1ccc(C(=O)O)nc1. The number of aromatic nitrogens is 1. The minimum atomic E-state index is -3.80. The van der Waals surface area contributed by atoms with Gasteiger partial charge in [-0.15, -0.1) is 0 Å². The summed E-state index contributed by atoms with van der Waals surface area (Å²) in [5.74, 6) is -1.22. The van der Waals surface area contributed by atoms with Gasteiger partial charge in [-0.1, -0.05) is 0 Å². The molecule has 0 bridgehead atoms. The lowest BCUT2D eigenvalue weighted by atomic mass is 10.4. The minimum absolute atomic E-state index is 0.211. The number of aromatic carboxylic acids is 1. The second kappa shape index (κ2) is 3.11. The van der Waals surface area contributed by atoms with Crippen LogP contribution in [0, 0.1) is 0 Å². The number of hydrogen-bond donors (Lipinski definition) is 2. The van der Waals surface area contributed by atoms with E-state index in [2.05, 4.69) is 4.98 Å². The van der Waals surface area contributed by atoms with Gasteiger partial charge in [0.05, 0.1) is 0 Å². The fourth-order valence-electron chi connectivity index (χ4n) is 0.675. The zero-order chi connectivity index (χ0) is 10.1. The molecule has 0 amide bonds. The van der Waals surface area contributed by atoms with E-state index in [0.717, 1.165) is 18.3 Å². The highest BCUT2D eigenvalue weighted by atomic mass is 32.2. The maximum Gasteiger partial charge on any atom is 0.354 e. The molecule has 1 aromatic heterocycles. The van der Waals surface area contributed by atoms with Gasteiger partial charge < -0.3 is 5.11 Å². The number of carboxylic acids is 1. The Labute approximate surface area is 74.1 Å². The Hall–Kier alpha value is -1.47. The summed E-state index contributed by atoms with van der Waals surface area (Å²) >= 11 is 0. The molecule has 7 heteroatoms. The van der Waals surface area contributed by atoms with Crippen molar-refractivity contribution < 1.29 is 18.3 Å². The molecule has 6 nitrogen and oxygen atoms in total. The van der Waals surface area contributed by atoms with Crippen LogP contribution in [0.1, 0.15) is 10.5 Å². The predicted octanol–water partition coefficient (Wildman–Crippen LogP) is -0.573. The molecule has 0 spiro atoms. The van der Waals surface area contributed by atoms with Crippen molar-refractivity contribution in [3.05, 3.63) is 24.0 Å². The number of pyridine rings is 1. The second-order valence-corrected chi connectivity index (χ2v) is 3.79. The summed E-state index contributed by atoms with van der Waals surface area (Å²) in [5.41, 5.74) is -0.229. The van der Waals surface area contributed by atoms with Crippen LogP contribution in [0.4, 0.5) is 0 Å². The lowest BCUT2D eigenvalue weighted by molar-refractivity contribution is 0.0690. The standard InChI is InChI=1S/C6H6N2O4S/c7-13(11,12)4-1-2-5(6(9)10)8-3-4/h1-3H,(H,9,10)(H2,7,11,12). The summed E-state index contributed by atoms with van der Waals surface area (Å²) in [5, 5.41) is 13.2. The molecule has 0 atom stereocenters. The average Bonchev–Trinajstić information content (AvgIpc) is 2.03. The fourth-order valence-corrected chi connectivity index (χ4v) is 1.13. The van der Waals surface area contributed by atoms with Crippen LogP contribution >= 0.6 is 0 Å². The first-order valence-electron chi connectivity index (χ1n) is 3.13. The van der Waals surface area contributed by atoms with Crippen LogP contribution in [-0.2, 0) is 10.0 Å². The number of nitrogens with zero attached hydrogens (tertiary/aromatic N) is 1. The number of rotatable bonds is 2. The highest BCUT2D eigenvalue weighted by Gasteiger charge is 2.09. The molecule has 3 N–H and O–H groups in total. The van der Waals surface area contributed by atoms with Crippen molar-refractivity contribution in [2.24, 2.45) is 5.14 Å². The lowest BCUT2D eigenvalue weighted by Gasteiger charge is -1.96. The van der Waals surface area contributed by atoms with E-state index in [-0.39, 0.29) is 10.6 Å². The normalized spacial score (nSPS) is 11.2. The molecule has 0 aliphatic heterocycles. The van der Waals surface area contributed by atoms with Crippen molar-refractivity contribution in [3.8, 4) is 0 Å².